The standard InChI is InChI=1S/C18H19F3N6S/c1-22-28-11-4-5-14(27-8-2-3-15(27)18(19,20)21)13(9-11)26-17-12-6-7-23-16(12)24-10-25-17/h4-7,9-10,15,22H,2-3,8H2,1H3,(H2,23,24,25,26)/t15-/m1/s1. The van der Waals surface area contributed by atoms with E-state index in [2.05, 4.69) is 25.0 Å². The van der Waals surface area contributed by atoms with Crippen LogP contribution in [0.15, 0.2) is 41.7 Å². The second-order valence-electron chi connectivity index (χ2n) is 6.47. The van der Waals surface area contributed by atoms with Crippen LogP contribution in [0.25, 0.3) is 11.0 Å². The third-order valence-corrected chi connectivity index (χ3v) is 5.43. The highest BCUT2D eigenvalue weighted by Gasteiger charge is 2.46. The van der Waals surface area contributed by atoms with Crippen LogP contribution in [0.2, 0.25) is 0 Å². The molecular weight excluding hydrogens is 389 g/mol. The maximum Gasteiger partial charge on any atom is 0.408 e. The highest BCUT2D eigenvalue weighted by atomic mass is 32.2. The van der Waals surface area contributed by atoms with Crippen LogP contribution in [0.1, 0.15) is 12.8 Å². The van der Waals surface area contributed by atoms with Gasteiger partial charge in [0.15, 0.2) is 0 Å². The number of aromatic nitrogens is 3. The van der Waals surface area contributed by atoms with Crippen LogP contribution in [-0.2, 0) is 0 Å². The Kier molecular flexibility index (Phi) is 5.07. The third kappa shape index (κ3) is 3.61. The zero-order chi connectivity index (χ0) is 19.7. The van der Waals surface area contributed by atoms with Gasteiger partial charge in [0.25, 0.3) is 0 Å². The van der Waals surface area contributed by atoms with Crippen LogP contribution in [0.5, 0.6) is 0 Å². The van der Waals surface area contributed by atoms with E-state index in [1.165, 1.54) is 23.2 Å². The van der Waals surface area contributed by atoms with Crippen molar-refractivity contribution < 1.29 is 13.2 Å². The Balaban J connectivity index is 1.76. The number of alkyl halides is 3. The molecule has 1 aliphatic rings. The molecule has 10 heteroatoms. The predicted molar refractivity (Wildman–Crippen MR) is 105 cm³/mol. The maximum absolute atomic E-state index is 13.5. The number of rotatable bonds is 5. The van der Waals surface area contributed by atoms with E-state index in [-0.39, 0.29) is 6.42 Å². The van der Waals surface area contributed by atoms with Gasteiger partial charge in [0.2, 0.25) is 0 Å². The van der Waals surface area contributed by atoms with Crippen molar-refractivity contribution >= 4 is 40.2 Å². The summed E-state index contributed by atoms with van der Waals surface area (Å²) in [6.45, 7) is 0.362. The quantitative estimate of drug-likeness (QED) is 0.542. The Morgan fingerprint density at radius 2 is 2.11 bits per heavy atom. The number of aromatic amines is 1. The molecule has 0 amide bonds. The van der Waals surface area contributed by atoms with Gasteiger partial charge in [-0.3, -0.25) is 4.72 Å². The summed E-state index contributed by atoms with van der Waals surface area (Å²) in [4.78, 5) is 13.8. The summed E-state index contributed by atoms with van der Waals surface area (Å²) in [6.07, 6.45) is -0.493. The molecule has 1 atom stereocenters. The van der Waals surface area contributed by atoms with E-state index in [9.17, 15) is 13.2 Å². The van der Waals surface area contributed by atoms with Gasteiger partial charge in [-0.2, -0.15) is 13.2 Å². The van der Waals surface area contributed by atoms with Crippen molar-refractivity contribution in [2.45, 2.75) is 30.0 Å². The molecule has 0 saturated carbocycles. The summed E-state index contributed by atoms with van der Waals surface area (Å²) in [5.74, 6) is 0.543. The van der Waals surface area contributed by atoms with Crippen molar-refractivity contribution in [2.75, 3.05) is 23.8 Å². The lowest BCUT2D eigenvalue weighted by Crippen LogP contribution is -2.41. The maximum atomic E-state index is 13.5. The minimum absolute atomic E-state index is 0.103. The molecule has 1 aromatic carbocycles. The van der Waals surface area contributed by atoms with Crippen LogP contribution in [0, 0.1) is 0 Å². The summed E-state index contributed by atoms with van der Waals surface area (Å²) >= 11 is 1.39. The molecule has 1 saturated heterocycles. The van der Waals surface area contributed by atoms with E-state index < -0.39 is 12.2 Å². The first-order chi connectivity index (χ1) is 13.5. The third-order valence-electron chi connectivity index (χ3n) is 4.74. The van der Waals surface area contributed by atoms with Crippen LogP contribution >= 0.6 is 11.9 Å². The molecule has 0 spiro atoms. The molecule has 28 heavy (non-hydrogen) atoms. The Morgan fingerprint density at radius 3 is 2.89 bits per heavy atom. The molecule has 1 fully saturated rings. The van der Waals surface area contributed by atoms with Crippen LogP contribution < -0.4 is 14.9 Å². The summed E-state index contributed by atoms with van der Waals surface area (Å²) in [5.41, 5.74) is 1.76. The van der Waals surface area contributed by atoms with E-state index in [0.717, 1.165) is 10.3 Å². The molecule has 0 unspecified atom stereocenters. The topological polar surface area (TPSA) is 68.9 Å². The molecule has 3 N–H and O–H groups in total. The number of hydrogen-bond acceptors (Lipinski definition) is 6. The van der Waals surface area contributed by atoms with Crippen molar-refractivity contribution in [3.63, 3.8) is 0 Å². The average molecular weight is 408 g/mol. The van der Waals surface area contributed by atoms with Gasteiger partial charge < -0.3 is 15.2 Å². The second-order valence-corrected chi connectivity index (χ2v) is 7.55. The molecule has 6 nitrogen and oxygen atoms in total. The van der Waals surface area contributed by atoms with Crippen molar-refractivity contribution in [3.8, 4) is 0 Å². The molecule has 3 aromatic rings. The number of hydrogen-bond donors (Lipinski definition) is 3. The molecular formula is C18H19F3N6S. The Labute approximate surface area is 164 Å². The van der Waals surface area contributed by atoms with Crippen molar-refractivity contribution in [1.82, 2.24) is 19.7 Å². The average Bonchev–Trinajstić information content (AvgIpc) is 3.32. The first-order valence-corrected chi connectivity index (χ1v) is 9.65. The van der Waals surface area contributed by atoms with E-state index >= 15 is 0 Å². The molecule has 148 valence electrons. The number of benzene rings is 1. The largest absolute Gasteiger partial charge is 0.408 e. The fourth-order valence-electron chi connectivity index (χ4n) is 3.54. The number of nitrogens with zero attached hydrogens (tertiary/aromatic N) is 3. The van der Waals surface area contributed by atoms with Gasteiger partial charge in [0.1, 0.15) is 23.8 Å². The lowest BCUT2D eigenvalue weighted by Gasteiger charge is -2.30. The molecule has 0 aliphatic carbocycles. The number of fused-ring (bicyclic) bond motifs is 1. The summed E-state index contributed by atoms with van der Waals surface area (Å²) in [7, 11) is 1.79. The van der Waals surface area contributed by atoms with Crippen LogP contribution in [0.4, 0.5) is 30.4 Å². The number of halogens is 3. The lowest BCUT2D eigenvalue weighted by atomic mass is 10.2. The minimum atomic E-state index is -4.27. The molecule has 1 aliphatic heterocycles. The highest BCUT2D eigenvalue weighted by Crippen LogP contribution is 2.41. The Bertz CT molecular complexity index is 973. The molecule has 2 aromatic heterocycles. The monoisotopic (exact) mass is 408 g/mol. The van der Waals surface area contributed by atoms with Crippen molar-refractivity contribution in [3.05, 3.63) is 36.8 Å². The van der Waals surface area contributed by atoms with Gasteiger partial charge in [0, 0.05) is 17.6 Å². The van der Waals surface area contributed by atoms with E-state index in [4.69, 9.17) is 0 Å². The predicted octanol–water partition coefficient (Wildman–Crippen LogP) is 4.46. The van der Waals surface area contributed by atoms with Gasteiger partial charge in [-0.1, -0.05) is 0 Å². The SMILES string of the molecule is CNSc1ccc(N2CCC[C@@H]2C(F)(F)F)c(Nc2ncnc3[nH]ccc23)c1. The molecule has 3 heterocycles. The van der Waals surface area contributed by atoms with Gasteiger partial charge in [-0.15, -0.1) is 0 Å². The summed E-state index contributed by atoms with van der Waals surface area (Å²) in [5, 5.41) is 4.00. The van der Waals surface area contributed by atoms with E-state index in [1.807, 2.05) is 18.2 Å². The molecule has 0 bridgehead atoms. The smallest absolute Gasteiger partial charge is 0.358 e. The van der Waals surface area contributed by atoms with Gasteiger partial charge in [-0.05, 0) is 56.1 Å². The zero-order valence-corrected chi connectivity index (χ0v) is 15.9. The first kappa shape index (κ1) is 18.9. The summed E-state index contributed by atoms with van der Waals surface area (Å²) in [6, 6.07) is 5.75. The molecule has 4 rings (SSSR count). The Hall–Kier alpha value is -2.46. The fourth-order valence-corrected chi connectivity index (χ4v) is 4.09. The first-order valence-electron chi connectivity index (χ1n) is 8.83. The highest BCUT2D eigenvalue weighted by molar-refractivity contribution is 7.97. The van der Waals surface area contributed by atoms with Crippen LogP contribution in [-0.4, -0.2) is 40.8 Å². The van der Waals surface area contributed by atoms with Gasteiger partial charge in [0.05, 0.1) is 16.8 Å². The number of nitrogens with one attached hydrogen (secondary N) is 3. The van der Waals surface area contributed by atoms with E-state index in [1.54, 1.807) is 19.3 Å². The fraction of sp³-hybridized carbons (Fsp3) is 0.333. The molecule has 0 radical (unpaired) electrons. The second kappa shape index (κ2) is 7.51. The number of anilines is 3. The lowest BCUT2D eigenvalue weighted by molar-refractivity contribution is -0.145. The number of H-pyrrole nitrogens is 1. The van der Waals surface area contributed by atoms with Gasteiger partial charge >= 0.3 is 6.18 Å². The zero-order valence-electron chi connectivity index (χ0n) is 15.0. The normalized spacial score (nSPS) is 17.4. The van der Waals surface area contributed by atoms with Gasteiger partial charge in [-0.25, -0.2) is 9.97 Å². The summed E-state index contributed by atoms with van der Waals surface area (Å²) < 4.78 is 43.5. The Morgan fingerprint density at radius 1 is 1.25 bits per heavy atom. The van der Waals surface area contributed by atoms with Crippen molar-refractivity contribution in [2.24, 2.45) is 0 Å². The van der Waals surface area contributed by atoms with Crippen LogP contribution in [0.3, 0.4) is 0 Å². The van der Waals surface area contributed by atoms with E-state index in [0.29, 0.717) is 35.8 Å². The van der Waals surface area contributed by atoms with Crippen molar-refractivity contribution in [1.29, 1.82) is 0 Å². The minimum Gasteiger partial charge on any atom is -0.358 e.